The molecule has 0 spiro atoms. The first-order valence-corrected chi connectivity index (χ1v) is 6.86. The number of rotatable bonds is 2. The number of benzene rings is 1. The van der Waals surface area contributed by atoms with E-state index in [4.69, 9.17) is 0 Å². The molecule has 94 valence electrons. The van der Waals surface area contributed by atoms with Gasteiger partial charge in [0.05, 0.1) is 11.3 Å². The van der Waals surface area contributed by atoms with Crippen LogP contribution >= 0.6 is 15.9 Å². The van der Waals surface area contributed by atoms with E-state index in [2.05, 4.69) is 26.9 Å². The van der Waals surface area contributed by atoms with Crippen LogP contribution in [0.4, 0.5) is 5.69 Å². The molecule has 0 aromatic heterocycles. The molecule has 1 aliphatic rings. The molecule has 3 nitrogen and oxygen atoms in total. The van der Waals surface area contributed by atoms with E-state index >= 15 is 0 Å². The average Bonchev–Trinajstić information content (AvgIpc) is 2.38. The van der Waals surface area contributed by atoms with Crippen LogP contribution in [0.3, 0.4) is 0 Å². The second-order valence-electron chi connectivity index (χ2n) is 4.64. The van der Waals surface area contributed by atoms with E-state index in [1.54, 1.807) is 6.92 Å². The summed E-state index contributed by atoms with van der Waals surface area (Å²) in [5.74, 6) is 0.345. The van der Waals surface area contributed by atoms with Gasteiger partial charge < -0.3 is 4.90 Å². The lowest BCUT2D eigenvalue weighted by atomic mass is 9.94. The summed E-state index contributed by atoms with van der Waals surface area (Å²) < 4.78 is 0.812. The minimum absolute atomic E-state index is 0.101. The Labute approximate surface area is 116 Å². The molecule has 1 unspecified atom stereocenters. The fourth-order valence-corrected chi connectivity index (χ4v) is 2.86. The summed E-state index contributed by atoms with van der Waals surface area (Å²) in [6.07, 6.45) is 1.96. The summed E-state index contributed by atoms with van der Waals surface area (Å²) in [6, 6.07) is 7.98. The molecule has 1 aromatic carbocycles. The lowest BCUT2D eigenvalue weighted by Crippen LogP contribution is -2.38. The molecule has 1 saturated heterocycles. The fourth-order valence-electron chi connectivity index (χ4n) is 2.41. The van der Waals surface area contributed by atoms with Crippen molar-refractivity contribution in [1.82, 2.24) is 0 Å². The maximum atomic E-state index is 11.5. The molecule has 18 heavy (non-hydrogen) atoms. The highest BCUT2D eigenvalue weighted by Gasteiger charge is 2.25. The van der Waals surface area contributed by atoms with Crippen LogP contribution in [0.2, 0.25) is 0 Å². The van der Waals surface area contributed by atoms with E-state index in [1.807, 2.05) is 18.2 Å². The van der Waals surface area contributed by atoms with Crippen molar-refractivity contribution in [3.63, 3.8) is 0 Å². The summed E-state index contributed by atoms with van der Waals surface area (Å²) in [5, 5.41) is 9.23. The number of nitrogens with zero attached hydrogens (tertiary/aromatic N) is 2. The van der Waals surface area contributed by atoms with E-state index in [9.17, 15) is 10.1 Å². The van der Waals surface area contributed by atoms with Gasteiger partial charge in [0, 0.05) is 23.5 Å². The molecule has 1 aliphatic heterocycles. The standard InChI is InChI=1S/C14H15BrN2O/c1-10(18)11-4-3-7-17(9-11)14-6-2-5-13(15)12(14)8-16/h2,5-6,11H,3-4,7,9H2,1H3. The molecule has 0 saturated carbocycles. The van der Waals surface area contributed by atoms with Gasteiger partial charge in [-0.15, -0.1) is 0 Å². The molecule has 4 heteroatoms. The maximum Gasteiger partial charge on any atom is 0.134 e. The molecular formula is C14H15BrN2O. The molecule has 0 N–H and O–H groups in total. The van der Waals surface area contributed by atoms with E-state index in [0.29, 0.717) is 5.56 Å². The first kappa shape index (κ1) is 13.1. The van der Waals surface area contributed by atoms with Gasteiger partial charge in [0.1, 0.15) is 11.9 Å². The Morgan fingerprint density at radius 2 is 2.33 bits per heavy atom. The normalized spacial score (nSPS) is 19.4. The quantitative estimate of drug-likeness (QED) is 0.843. The average molecular weight is 307 g/mol. The Morgan fingerprint density at radius 1 is 1.56 bits per heavy atom. The third kappa shape index (κ3) is 2.56. The third-order valence-electron chi connectivity index (χ3n) is 3.44. The zero-order valence-corrected chi connectivity index (χ0v) is 11.9. The maximum absolute atomic E-state index is 11.5. The molecule has 0 aliphatic carbocycles. The van der Waals surface area contributed by atoms with Crippen molar-refractivity contribution in [3.05, 3.63) is 28.2 Å². The zero-order valence-electron chi connectivity index (χ0n) is 10.3. The number of carbonyl (C=O) groups is 1. The Morgan fingerprint density at radius 3 is 3.00 bits per heavy atom. The highest BCUT2D eigenvalue weighted by atomic mass is 79.9. The highest BCUT2D eigenvalue weighted by Crippen LogP contribution is 2.30. The molecule has 1 fully saturated rings. The second kappa shape index (κ2) is 5.53. The van der Waals surface area contributed by atoms with Gasteiger partial charge in [-0.25, -0.2) is 0 Å². The van der Waals surface area contributed by atoms with Gasteiger partial charge in [0.2, 0.25) is 0 Å². The summed E-state index contributed by atoms with van der Waals surface area (Å²) in [5.41, 5.74) is 1.58. The van der Waals surface area contributed by atoms with Crippen molar-refractivity contribution >= 4 is 27.4 Å². The topological polar surface area (TPSA) is 44.1 Å². The largest absolute Gasteiger partial charge is 0.370 e. The lowest BCUT2D eigenvalue weighted by Gasteiger charge is -2.34. The van der Waals surface area contributed by atoms with Gasteiger partial charge in [-0.3, -0.25) is 4.79 Å². The summed E-state index contributed by atoms with van der Waals surface area (Å²) >= 11 is 3.40. The van der Waals surface area contributed by atoms with Crippen LogP contribution < -0.4 is 4.90 Å². The lowest BCUT2D eigenvalue weighted by molar-refractivity contribution is -0.120. The van der Waals surface area contributed by atoms with Gasteiger partial charge in [0.15, 0.2) is 0 Å². The van der Waals surface area contributed by atoms with Crippen molar-refractivity contribution in [2.24, 2.45) is 5.92 Å². The highest BCUT2D eigenvalue weighted by molar-refractivity contribution is 9.10. The predicted octanol–water partition coefficient (Wildman–Crippen LogP) is 3.13. The van der Waals surface area contributed by atoms with E-state index < -0.39 is 0 Å². The molecule has 1 aromatic rings. The minimum atomic E-state index is 0.101. The number of halogens is 1. The zero-order chi connectivity index (χ0) is 13.1. The van der Waals surface area contributed by atoms with Crippen LogP contribution in [0.1, 0.15) is 25.3 Å². The molecule has 1 heterocycles. The number of hydrogen-bond donors (Lipinski definition) is 0. The van der Waals surface area contributed by atoms with Crippen molar-refractivity contribution in [3.8, 4) is 6.07 Å². The molecule has 0 amide bonds. The van der Waals surface area contributed by atoms with E-state index in [1.165, 1.54) is 0 Å². The van der Waals surface area contributed by atoms with Gasteiger partial charge >= 0.3 is 0 Å². The van der Waals surface area contributed by atoms with Crippen LogP contribution in [0.5, 0.6) is 0 Å². The smallest absolute Gasteiger partial charge is 0.134 e. The van der Waals surface area contributed by atoms with Crippen molar-refractivity contribution < 1.29 is 4.79 Å². The van der Waals surface area contributed by atoms with Gasteiger partial charge in [0.25, 0.3) is 0 Å². The molecule has 0 radical (unpaired) electrons. The molecular weight excluding hydrogens is 292 g/mol. The van der Waals surface area contributed by atoms with Crippen molar-refractivity contribution in [2.45, 2.75) is 19.8 Å². The number of hydrogen-bond acceptors (Lipinski definition) is 3. The van der Waals surface area contributed by atoms with Gasteiger partial charge in [-0.05, 0) is 47.8 Å². The first-order chi connectivity index (χ1) is 8.63. The third-order valence-corrected chi connectivity index (χ3v) is 4.10. The molecule has 1 atom stereocenters. The number of carbonyl (C=O) groups excluding carboxylic acids is 1. The SMILES string of the molecule is CC(=O)C1CCCN(c2cccc(Br)c2C#N)C1. The Balaban J connectivity index is 2.29. The number of nitriles is 1. The first-order valence-electron chi connectivity index (χ1n) is 6.07. The van der Waals surface area contributed by atoms with Crippen LogP contribution in [0, 0.1) is 17.2 Å². The fraction of sp³-hybridized carbons (Fsp3) is 0.429. The summed E-state index contributed by atoms with van der Waals surface area (Å²) in [7, 11) is 0. The van der Waals surface area contributed by atoms with Crippen molar-refractivity contribution in [2.75, 3.05) is 18.0 Å². The minimum Gasteiger partial charge on any atom is -0.370 e. The Bertz CT molecular complexity index is 507. The second-order valence-corrected chi connectivity index (χ2v) is 5.50. The number of ketones is 1. The van der Waals surface area contributed by atoms with Gasteiger partial charge in [-0.1, -0.05) is 6.07 Å². The summed E-state index contributed by atoms with van der Waals surface area (Å²) in [4.78, 5) is 13.6. The number of Topliss-reactive ketones (excluding diaryl/α,β-unsaturated/α-hetero) is 1. The Kier molecular flexibility index (Phi) is 4.03. The predicted molar refractivity (Wildman–Crippen MR) is 74.5 cm³/mol. The molecule has 2 rings (SSSR count). The van der Waals surface area contributed by atoms with Crippen LogP contribution in [0.25, 0.3) is 0 Å². The van der Waals surface area contributed by atoms with Crippen LogP contribution in [-0.4, -0.2) is 18.9 Å². The monoisotopic (exact) mass is 306 g/mol. The van der Waals surface area contributed by atoms with Crippen LogP contribution in [-0.2, 0) is 4.79 Å². The summed E-state index contributed by atoms with van der Waals surface area (Å²) in [6.45, 7) is 3.29. The number of piperidine rings is 1. The Hall–Kier alpha value is -1.34. The molecule has 0 bridgehead atoms. The van der Waals surface area contributed by atoms with E-state index in [0.717, 1.165) is 36.1 Å². The van der Waals surface area contributed by atoms with E-state index in [-0.39, 0.29) is 11.7 Å². The van der Waals surface area contributed by atoms with Gasteiger partial charge in [-0.2, -0.15) is 5.26 Å². The van der Waals surface area contributed by atoms with Crippen molar-refractivity contribution in [1.29, 1.82) is 5.26 Å². The van der Waals surface area contributed by atoms with Crippen LogP contribution in [0.15, 0.2) is 22.7 Å². The number of anilines is 1.